The minimum atomic E-state index is -1.19. The molecule has 3 N–H and O–H groups in total. The van der Waals surface area contributed by atoms with Gasteiger partial charge in [-0.1, -0.05) is 0 Å². The average Bonchev–Trinajstić information content (AvgIpc) is 3.01. The smallest absolute Gasteiger partial charge is 0.259 e. The highest BCUT2D eigenvalue weighted by Gasteiger charge is 2.44. The van der Waals surface area contributed by atoms with E-state index in [0.717, 1.165) is 0 Å². The number of aromatic nitrogens is 4. The lowest BCUT2D eigenvalue weighted by Gasteiger charge is -2.17. The van der Waals surface area contributed by atoms with Crippen molar-refractivity contribution >= 4 is 11.0 Å². The highest BCUT2D eigenvalue weighted by molar-refractivity contribution is 5.79. The molecule has 1 aliphatic heterocycles. The maximum absolute atomic E-state index is 10.0. The summed E-state index contributed by atoms with van der Waals surface area (Å²) < 4.78 is 12.1. The van der Waals surface area contributed by atoms with Crippen molar-refractivity contribution in [2.45, 2.75) is 24.5 Å². The van der Waals surface area contributed by atoms with Crippen LogP contribution in [0.25, 0.3) is 11.0 Å². The van der Waals surface area contributed by atoms with E-state index in [2.05, 4.69) is 15.2 Å². The van der Waals surface area contributed by atoms with E-state index in [1.54, 1.807) is 0 Å². The number of aliphatic hydroxyl groups excluding tert-OH is 3. The van der Waals surface area contributed by atoms with Gasteiger partial charge in [0.15, 0.2) is 6.23 Å². The molecule has 0 amide bonds. The van der Waals surface area contributed by atoms with E-state index in [9.17, 15) is 10.2 Å². The van der Waals surface area contributed by atoms with Gasteiger partial charge in [0, 0.05) is 0 Å². The van der Waals surface area contributed by atoms with E-state index < -0.39 is 31.1 Å². The summed E-state index contributed by atoms with van der Waals surface area (Å²) in [5, 5.41) is 36.5. The Labute approximate surface area is 113 Å². The number of hydrogen-bond donors (Lipinski definition) is 3. The zero-order valence-electron chi connectivity index (χ0n) is 10.6. The molecular formula is C11H14N4O5. The van der Waals surface area contributed by atoms with Crippen LogP contribution in [0.15, 0.2) is 12.5 Å². The summed E-state index contributed by atoms with van der Waals surface area (Å²) in [6.45, 7) is -0.391. The van der Waals surface area contributed by atoms with E-state index in [0.29, 0.717) is 11.0 Å². The van der Waals surface area contributed by atoms with Crippen molar-refractivity contribution in [3.05, 3.63) is 12.5 Å². The molecule has 0 aliphatic carbocycles. The average molecular weight is 282 g/mol. The van der Waals surface area contributed by atoms with Crippen LogP contribution >= 0.6 is 0 Å². The van der Waals surface area contributed by atoms with Gasteiger partial charge in [-0.15, -0.1) is 5.10 Å². The minimum absolute atomic E-state index is 0.234. The molecule has 0 bridgehead atoms. The highest BCUT2D eigenvalue weighted by atomic mass is 16.6. The van der Waals surface area contributed by atoms with Crippen molar-refractivity contribution in [1.29, 1.82) is 0 Å². The van der Waals surface area contributed by atoms with E-state index >= 15 is 0 Å². The Kier molecular flexibility index (Phi) is 3.26. The van der Waals surface area contributed by atoms with Crippen molar-refractivity contribution in [3.63, 3.8) is 0 Å². The van der Waals surface area contributed by atoms with Crippen LogP contribution in [-0.4, -0.2) is 67.1 Å². The molecule has 108 valence electrons. The molecule has 9 heteroatoms. The Bertz CT molecular complexity index is 618. The fraction of sp³-hybridized carbons (Fsp3) is 0.545. The van der Waals surface area contributed by atoms with Crippen molar-refractivity contribution in [1.82, 2.24) is 19.7 Å². The monoisotopic (exact) mass is 282 g/mol. The largest absolute Gasteiger partial charge is 0.478 e. The SMILES string of the molecule is COc1nncc2ncn([C@@H]3O[C@H](CO)[C@@H](O)[C@H]3O)c12. The highest BCUT2D eigenvalue weighted by Crippen LogP contribution is 2.33. The van der Waals surface area contributed by atoms with Gasteiger partial charge in [-0.25, -0.2) is 4.98 Å². The van der Waals surface area contributed by atoms with Gasteiger partial charge in [0.2, 0.25) is 0 Å². The predicted molar refractivity (Wildman–Crippen MR) is 64.9 cm³/mol. The number of hydrogen-bond acceptors (Lipinski definition) is 8. The van der Waals surface area contributed by atoms with Gasteiger partial charge in [0.25, 0.3) is 5.88 Å². The molecule has 1 saturated heterocycles. The summed E-state index contributed by atoms with van der Waals surface area (Å²) in [6.07, 6.45) is -1.21. The maximum Gasteiger partial charge on any atom is 0.259 e. The van der Waals surface area contributed by atoms with Crippen LogP contribution in [0, 0.1) is 0 Å². The standard InChI is InChI=1S/C11H14N4O5/c1-19-10-7-5(2-13-14-10)12-4-15(7)11-9(18)8(17)6(3-16)20-11/h2,4,6,8-9,11,16-18H,3H2,1H3/t6-,8-,9-,11-/m1/s1. The van der Waals surface area contributed by atoms with Gasteiger partial charge < -0.3 is 24.8 Å². The predicted octanol–water partition coefficient (Wildman–Crippen LogP) is -1.55. The second-order valence-corrected chi connectivity index (χ2v) is 4.47. The summed E-state index contributed by atoms with van der Waals surface area (Å²) in [4.78, 5) is 4.13. The lowest BCUT2D eigenvalue weighted by Crippen LogP contribution is -2.33. The van der Waals surface area contributed by atoms with E-state index in [4.69, 9.17) is 14.6 Å². The summed E-state index contributed by atoms with van der Waals surface area (Å²) in [5.74, 6) is 0.234. The van der Waals surface area contributed by atoms with Crippen molar-refractivity contribution in [2.75, 3.05) is 13.7 Å². The number of rotatable bonds is 3. The molecule has 1 aliphatic rings. The molecule has 0 unspecified atom stereocenters. The van der Waals surface area contributed by atoms with Gasteiger partial charge in [-0.05, 0) is 0 Å². The van der Waals surface area contributed by atoms with Gasteiger partial charge >= 0.3 is 0 Å². The fourth-order valence-electron chi connectivity index (χ4n) is 2.31. The van der Waals surface area contributed by atoms with Gasteiger partial charge in [0.1, 0.15) is 29.3 Å². The van der Waals surface area contributed by atoms with Gasteiger partial charge in [-0.3, -0.25) is 4.57 Å². The molecule has 4 atom stereocenters. The first-order chi connectivity index (χ1) is 9.67. The Hall–Kier alpha value is -1.81. The number of nitrogens with zero attached hydrogens (tertiary/aromatic N) is 4. The molecule has 2 aromatic heterocycles. The number of aliphatic hydroxyl groups is 3. The third-order valence-corrected chi connectivity index (χ3v) is 3.34. The Morgan fingerprint density at radius 1 is 1.40 bits per heavy atom. The molecule has 9 nitrogen and oxygen atoms in total. The number of ether oxygens (including phenoxy) is 2. The Morgan fingerprint density at radius 3 is 2.85 bits per heavy atom. The lowest BCUT2D eigenvalue weighted by molar-refractivity contribution is -0.0510. The first-order valence-corrected chi connectivity index (χ1v) is 6.02. The molecular weight excluding hydrogens is 268 g/mol. The molecule has 0 aromatic carbocycles. The molecule has 20 heavy (non-hydrogen) atoms. The van der Waals surface area contributed by atoms with Crippen molar-refractivity contribution < 1.29 is 24.8 Å². The second kappa shape index (κ2) is 4.94. The van der Waals surface area contributed by atoms with Crippen LogP contribution in [0.3, 0.4) is 0 Å². The summed E-state index contributed by atoms with van der Waals surface area (Å²) in [6, 6.07) is 0. The van der Waals surface area contributed by atoms with Gasteiger partial charge in [-0.2, -0.15) is 5.10 Å². The van der Waals surface area contributed by atoms with E-state index in [1.165, 1.54) is 24.2 Å². The lowest BCUT2D eigenvalue weighted by atomic mass is 10.1. The normalized spacial score (nSPS) is 30.0. The zero-order chi connectivity index (χ0) is 14.3. The molecule has 2 aromatic rings. The van der Waals surface area contributed by atoms with Gasteiger partial charge in [0.05, 0.1) is 26.2 Å². The van der Waals surface area contributed by atoms with Crippen LogP contribution < -0.4 is 4.74 Å². The first kappa shape index (κ1) is 13.2. The molecule has 1 fully saturated rings. The van der Waals surface area contributed by atoms with Crippen LogP contribution in [0.2, 0.25) is 0 Å². The summed E-state index contributed by atoms with van der Waals surface area (Å²) in [7, 11) is 1.44. The van der Waals surface area contributed by atoms with Crippen LogP contribution in [-0.2, 0) is 4.74 Å². The van der Waals surface area contributed by atoms with Crippen LogP contribution in [0.4, 0.5) is 0 Å². The second-order valence-electron chi connectivity index (χ2n) is 4.47. The molecule has 3 heterocycles. The first-order valence-electron chi connectivity index (χ1n) is 6.02. The van der Waals surface area contributed by atoms with Crippen LogP contribution in [0.5, 0.6) is 5.88 Å². The third-order valence-electron chi connectivity index (χ3n) is 3.34. The Morgan fingerprint density at radius 2 is 2.20 bits per heavy atom. The third kappa shape index (κ3) is 1.83. The minimum Gasteiger partial charge on any atom is -0.478 e. The number of fused-ring (bicyclic) bond motifs is 1. The fourth-order valence-corrected chi connectivity index (χ4v) is 2.31. The quantitative estimate of drug-likeness (QED) is 0.618. The molecule has 3 rings (SSSR count). The summed E-state index contributed by atoms with van der Waals surface area (Å²) >= 11 is 0. The molecule has 0 saturated carbocycles. The van der Waals surface area contributed by atoms with Crippen molar-refractivity contribution in [3.8, 4) is 5.88 Å². The van der Waals surface area contributed by atoms with E-state index in [1.807, 2.05) is 0 Å². The zero-order valence-corrected chi connectivity index (χ0v) is 10.6. The topological polar surface area (TPSA) is 123 Å². The number of imidazole rings is 1. The van der Waals surface area contributed by atoms with Crippen LogP contribution in [0.1, 0.15) is 6.23 Å². The molecule has 0 radical (unpaired) electrons. The Balaban J connectivity index is 2.07. The van der Waals surface area contributed by atoms with Crippen molar-refractivity contribution in [2.24, 2.45) is 0 Å². The number of methoxy groups -OCH3 is 1. The summed E-state index contributed by atoms with van der Waals surface area (Å²) in [5.41, 5.74) is 1.02. The van der Waals surface area contributed by atoms with E-state index in [-0.39, 0.29) is 5.88 Å². The maximum atomic E-state index is 10.0. The molecule has 0 spiro atoms.